The Balaban J connectivity index is 1.18. The Bertz CT molecular complexity index is 601. The van der Waals surface area contributed by atoms with Crippen molar-refractivity contribution in [2.45, 2.75) is 57.5 Å². The van der Waals surface area contributed by atoms with Crippen LogP contribution in [0.15, 0.2) is 30.3 Å². The van der Waals surface area contributed by atoms with Crippen LogP contribution in [0.4, 0.5) is 0 Å². The molecule has 4 rings (SSSR count). The van der Waals surface area contributed by atoms with Crippen LogP contribution in [-0.2, 0) is 11.3 Å². The van der Waals surface area contributed by atoms with Crippen molar-refractivity contribution in [2.75, 3.05) is 26.2 Å². The molecule has 1 aromatic carbocycles. The molecule has 148 valence electrons. The number of carbonyl (C=O) groups excluding carboxylic acids is 1. The molecule has 3 aliphatic rings. The highest BCUT2D eigenvalue weighted by atomic mass is 16.1. The Kier molecular flexibility index (Phi) is 6.46. The molecule has 3 atom stereocenters. The second kappa shape index (κ2) is 9.20. The Morgan fingerprint density at radius 1 is 1.00 bits per heavy atom. The number of hydrogen-bond acceptors (Lipinski definition) is 3. The SMILES string of the molecule is O=C(NCCCN[C@@H]1CCC[C@H]2CN(Cc3ccccc3)C[C@@H]21)C1CCC1. The molecule has 1 saturated heterocycles. The molecule has 2 saturated carbocycles. The average Bonchev–Trinajstić information content (AvgIpc) is 3.04. The average molecular weight is 370 g/mol. The van der Waals surface area contributed by atoms with E-state index in [1.54, 1.807) is 0 Å². The third-order valence-electron chi connectivity index (χ3n) is 6.96. The molecular formula is C23H35N3O. The van der Waals surface area contributed by atoms with Crippen LogP contribution in [0.25, 0.3) is 0 Å². The van der Waals surface area contributed by atoms with Crippen LogP contribution in [0.5, 0.6) is 0 Å². The van der Waals surface area contributed by atoms with Gasteiger partial charge in [0.2, 0.25) is 5.91 Å². The van der Waals surface area contributed by atoms with E-state index in [2.05, 4.69) is 45.9 Å². The van der Waals surface area contributed by atoms with Crippen molar-refractivity contribution >= 4 is 5.91 Å². The second-order valence-electron chi connectivity index (χ2n) is 8.87. The highest BCUT2D eigenvalue weighted by Gasteiger charge is 2.39. The van der Waals surface area contributed by atoms with Crippen LogP contribution < -0.4 is 10.6 Å². The fourth-order valence-electron chi connectivity index (χ4n) is 5.19. The summed E-state index contributed by atoms with van der Waals surface area (Å²) < 4.78 is 0. The van der Waals surface area contributed by atoms with Gasteiger partial charge in [0.1, 0.15) is 0 Å². The van der Waals surface area contributed by atoms with E-state index >= 15 is 0 Å². The Hall–Kier alpha value is -1.39. The van der Waals surface area contributed by atoms with Crippen molar-refractivity contribution in [3.05, 3.63) is 35.9 Å². The maximum Gasteiger partial charge on any atom is 0.223 e. The van der Waals surface area contributed by atoms with E-state index in [-0.39, 0.29) is 5.91 Å². The summed E-state index contributed by atoms with van der Waals surface area (Å²) in [6.45, 7) is 5.43. The number of likely N-dealkylation sites (tertiary alicyclic amines) is 1. The minimum atomic E-state index is 0.284. The van der Waals surface area contributed by atoms with Crippen LogP contribution in [-0.4, -0.2) is 43.0 Å². The summed E-state index contributed by atoms with van der Waals surface area (Å²) in [5.74, 6) is 2.25. The Labute approximate surface area is 164 Å². The minimum absolute atomic E-state index is 0.284. The first-order valence-corrected chi connectivity index (χ1v) is 11.1. The van der Waals surface area contributed by atoms with Crippen molar-refractivity contribution in [3.63, 3.8) is 0 Å². The van der Waals surface area contributed by atoms with Gasteiger partial charge >= 0.3 is 0 Å². The number of benzene rings is 1. The molecule has 1 aromatic rings. The van der Waals surface area contributed by atoms with E-state index in [4.69, 9.17) is 0 Å². The normalized spacial score (nSPS) is 28.5. The lowest BCUT2D eigenvalue weighted by atomic mass is 9.78. The number of hydrogen-bond donors (Lipinski definition) is 2. The molecule has 2 N–H and O–H groups in total. The summed E-state index contributed by atoms with van der Waals surface area (Å²) in [4.78, 5) is 14.5. The monoisotopic (exact) mass is 369 g/mol. The molecule has 27 heavy (non-hydrogen) atoms. The van der Waals surface area contributed by atoms with Crippen molar-refractivity contribution in [3.8, 4) is 0 Å². The van der Waals surface area contributed by atoms with Gasteiger partial charge in [-0.3, -0.25) is 9.69 Å². The highest BCUT2D eigenvalue weighted by Crippen LogP contribution is 2.37. The molecule has 4 nitrogen and oxygen atoms in total. The van der Waals surface area contributed by atoms with Crippen molar-refractivity contribution in [1.82, 2.24) is 15.5 Å². The number of fused-ring (bicyclic) bond motifs is 1. The van der Waals surface area contributed by atoms with Gasteiger partial charge in [-0.2, -0.15) is 0 Å². The fraction of sp³-hybridized carbons (Fsp3) is 0.696. The third-order valence-corrected chi connectivity index (χ3v) is 6.96. The number of amides is 1. The van der Waals surface area contributed by atoms with Crippen LogP contribution in [0.3, 0.4) is 0 Å². The van der Waals surface area contributed by atoms with Gasteiger partial charge in [-0.15, -0.1) is 0 Å². The lowest BCUT2D eigenvalue weighted by molar-refractivity contribution is -0.127. The Morgan fingerprint density at radius 3 is 2.59 bits per heavy atom. The number of carbonyl (C=O) groups is 1. The predicted octanol–water partition coefficient (Wildman–Crippen LogP) is 3.18. The van der Waals surface area contributed by atoms with Crippen molar-refractivity contribution in [1.29, 1.82) is 0 Å². The summed E-state index contributed by atoms with van der Waals surface area (Å²) in [6, 6.07) is 11.5. The van der Waals surface area contributed by atoms with Crippen LogP contribution in [0.1, 0.15) is 50.5 Å². The van der Waals surface area contributed by atoms with Gasteiger partial charge in [-0.1, -0.05) is 43.2 Å². The number of rotatable bonds is 8. The number of nitrogens with zero attached hydrogens (tertiary/aromatic N) is 1. The third kappa shape index (κ3) is 4.91. The summed E-state index contributed by atoms with van der Waals surface area (Å²) in [5.41, 5.74) is 1.43. The van der Waals surface area contributed by atoms with E-state index in [9.17, 15) is 4.79 Å². The van der Waals surface area contributed by atoms with Crippen molar-refractivity contribution < 1.29 is 4.79 Å². The summed E-state index contributed by atoms with van der Waals surface area (Å²) in [5, 5.41) is 6.95. The van der Waals surface area contributed by atoms with E-state index in [0.29, 0.717) is 12.0 Å². The molecule has 1 heterocycles. The molecular weight excluding hydrogens is 334 g/mol. The smallest absolute Gasteiger partial charge is 0.223 e. The van der Waals surface area contributed by atoms with Gasteiger partial charge in [0.25, 0.3) is 0 Å². The van der Waals surface area contributed by atoms with Crippen LogP contribution in [0.2, 0.25) is 0 Å². The van der Waals surface area contributed by atoms with Gasteiger partial charge in [0.05, 0.1) is 0 Å². The lowest BCUT2D eigenvalue weighted by Gasteiger charge is -2.34. The fourth-order valence-corrected chi connectivity index (χ4v) is 5.19. The van der Waals surface area contributed by atoms with Crippen molar-refractivity contribution in [2.24, 2.45) is 17.8 Å². The van der Waals surface area contributed by atoms with Crippen LogP contribution >= 0.6 is 0 Å². The quantitative estimate of drug-likeness (QED) is 0.692. The van der Waals surface area contributed by atoms with Gasteiger partial charge in [-0.05, 0) is 56.0 Å². The van der Waals surface area contributed by atoms with Gasteiger partial charge < -0.3 is 10.6 Å². The second-order valence-corrected chi connectivity index (χ2v) is 8.87. The van der Waals surface area contributed by atoms with E-state index in [1.165, 1.54) is 44.3 Å². The zero-order valence-corrected chi connectivity index (χ0v) is 16.5. The minimum Gasteiger partial charge on any atom is -0.356 e. The van der Waals surface area contributed by atoms with E-state index in [0.717, 1.165) is 50.7 Å². The van der Waals surface area contributed by atoms with E-state index < -0.39 is 0 Å². The van der Waals surface area contributed by atoms with Gasteiger partial charge in [0.15, 0.2) is 0 Å². The van der Waals surface area contributed by atoms with Gasteiger partial charge in [0, 0.05) is 38.1 Å². The number of nitrogens with one attached hydrogen (secondary N) is 2. The molecule has 0 radical (unpaired) electrons. The Morgan fingerprint density at radius 2 is 1.81 bits per heavy atom. The molecule has 1 aliphatic heterocycles. The molecule has 0 aromatic heterocycles. The first-order chi connectivity index (χ1) is 13.3. The maximum absolute atomic E-state index is 11.9. The topological polar surface area (TPSA) is 44.4 Å². The summed E-state index contributed by atoms with van der Waals surface area (Å²) in [6.07, 6.45) is 8.52. The molecule has 0 spiro atoms. The maximum atomic E-state index is 11.9. The molecule has 0 unspecified atom stereocenters. The van der Waals surface area contributed by atoms with Gasteiger partial charge in [-0.25, -0.2) is 0 Å². The zero-order chi connectivity index (χ0) is 18.5. The highest BCUT2D eigenvalue weighted by molar-refractivity contribution is 5.79. The predicted molar refractivity (Wildman–Crippen MR) is 109 cm³/mol. The molecule has 0 bridgehead atoms. The molecule has 3 fully saturated rings. The van der Waals surface area contributed by atoms with Crippen LogP contribution in [0, 0.1) is 17.8 Å². The molecule has 1 amide bonds. The summed E-state index contributed by atoms with van der Waals surface area (Å²) in [7, 11) is 0. The first-order valence-electron chi connectivity index (χ1n) is 11.1. The first kappa shape index (κ1) is 18.9. The zero-order valence-electron chi connectivity index (χ0n) is 16.5. The molecule has 2 aliphatic carbocycles. The standard InChI is InChI=1S/C23H35N3O/c27-23(19-9-4-10-19)25-14-6-13-24-22-12-5-11-20-16-26(17-21(20)22)15-18-7-2-1-3-8-18/h1-3,7-8,19-22,24H,4-6,9-17H2,(H,25,27)/t20-,21-,22+/m0/s1. The summed E-state index contributed by atoms with van der Waals surface area (Å²) >= 11 is 0. The van der Waals surface area contributed by atoms with E-state index in [1.807, 2.05) is 0 Å². The lowest BCUT2D eigenvalue weighted by Crippen LogP contribution is -2.43. The molecule has 4 heteroatoms. The largest absolute Gasteiger partial charge is 0.356 e.